The molecule has 3 nitrogen and oxygen atoms in total. The van der Waals surface area contributed by atoms with E-state index in [0.717, 1.165) is 0 Å². The lowest BCUT2D eigenvalue weighted by Gasteiger charge is -2.24. The van der Waals surface area contributed by atoms with Crippen molar-refractivity contribution in [1.29, 1.82) is 0 Å². The number of carbonyl (C=O) groups excluding carboxylic acids is 1. The van der Waals surface area contributed by atoms with Crippen molar-refractivity contribution in [1.82, 2.24) is 5.73 Å². The summed E-state index contributed by atoms with van der Waals surface area (Å²) in [5.41, 5.74) is 5.71. The first-order chi connectivity index (χ1) is 4.63. The van der Waals surface area contributed by atoms with Gasteiger partial charge in [-0.2, -0.15) is 0 Å². The molecule has 65 valence electrons. The van der Waals surface area contributed by atoms with Gasteiger partial charge in [0.25, 0.3) is 0 Å². The first-order valence-electron chi connectivity index (χ1n) is 3.61. The van der Waals surface area contributed by atoms with Gasteiger partial charge in [-0.1, -0.05) is 0 Å². The molecule has 0 aromatic carbocycles. The minimum Gasteiger partial charge on any atom is -0.459 e. The quantitative estimate of drug-likeness (QED) is 0.541. The first kappa shape index (κ1) is 10.4. The summed E-state index contributed by atoms with van der Waals surface area (Å²) >= 11 is 0. The van der Waals surface area contributed by atoms with Gasteiger partial charge in [0.05, 0.1) is 0 Å². The van der Waals surface area contributed by atoms with Crippen LogP contribution in [-0.4, -0.2) is 17.1 Å². The lowest BCUT2D eigenvalue weighted by atomic mass is 10.1. The van der Waals surface area contributed by atoms with Gasteiger partial charge in [0.15, 0.2) is 0 Å². The van der Waals surface area contributed by atoms with Crippen molar-refractivity contribution in [3.05, 3.63) is 0 Å². The zero-order valence-electron chi connectivity index (χ0n) is 7.82. The predicted octanol–water partition coefficient (Wildman–Crippen LogP) is 1.39. The smallest absolute Gasteiger partial charge is 0.327 e. The number of ether oxygens (including phenoxy) is 1. The Bertz CT molecular complexity index is 150. The highest BCUT2D eigenvalue weighted by molar-refractivity contribution is 5.79. The first-order valence-corrected chi connectivity index (χ1v) is 3.61. The standard InChI is InChI=1S/C8H16NO2/c1-7(2,3)11-6(10)8(4,5)9/h9H,1-5H3. The molecule has 0 aliphatic rings. The highest BCUT2D eigenvalue weighted by Gasteiger charge is 2.28. The Hall–Kier alpha value is -0.570. The second-order valence-corrected chi connectivity index (χ2v) is 4.13. The molecule has 1 radical (unpaired) electrons. The molecule has 0 saturated carbocycles. The molecule has 0 unspecified atom stereocenters. The highest BCUT2D eigenvalue weighted by atomic mass is 16.6. The van der Waals surface area contributed by atoms with Crippen molar-refractivity contribution in [2.24, 2.45) is 0 Å². The molecule has 0 atom stereocenters. The molecule has 0 saturated heterocycles. The average Bonchev–Trinajstić information content (AvgIpc) is 1.56. The molecule has 0 rings (SSSR count). The maximum atomic E-state index is 11.1. The van der Waals surface area contributed by atoms with Crippen LogP contribution in [0.25, 0.3) is 0 Å². The van der Waals surface area contributed by atoms with E-state index in [9.17, 15) is 4.79 Å². The Morgan fingerprint density at radius 1 is 1.18 bits per heavy atom. The Labute approximate surface area is 67.9 Å². The molecule has 0 spiro atoms. The molecule has 3 heteroatoms. The van der Waals surface area contributed by atoms with Crippen molar-refractivity contribution in [3.63, 3.8) is 0 Å². The van der Waals surface area contributed by atoms with E-state index in [-0.39, 0.29) is 0 Å². The largest absolute Gasteiger partial charge is 0.459 e. The van der Waals surface area contributed by atoms with Crippen molar-refractivity contribution in [3.8, 4) is 0 Å². The lowest BCUT2D eigenvalue weighted by molar-refractivity contribution is -0.160. The van der Waals surface area contributed by atoms with Crippen LogP contribution < -0.4 is 5.73 Å². The van der Waals surface area contributed by atoms with E-state index in [0.29, 0.717) is 0 Å². The molecule has 0 aliphatic carbocycles. The van der Waals surface area contributed by atoms with Gasteiger partial charge in [0.2, 0.25) is 0 Å². The van der Waals surface area contributed by atoms with Crippen LogP contribution in [-0.2, 0) is 9.53 Å². The van der Waals surface area contributed by atoms with Crippen LogP contribution >= 0.6 is 0 Å². The van der Waals surface area contributed by atoms with Crippen molar-refractivity contribution in [2.45, 2.75) is 45.8 Å². The molecule has 0 aromatic heterocycles. The SMILES string of the molecule is CC(C)(C)OC(=O)C(C)(C)[NH]. The van der Waals surface area contributed by atoms with E-state index >= 15 is 0 Å². The zero-order valence-corrected chi connectivity index (χ0v) is 7.82. The number of esters is 1. The Morgan fingerprint density at radius 2 is 1.55 bits per heavy atom. The fraction of sp³-hybridized carbons (Fsp3) is 0.875. The Kier molecular flexibility index (Phi) is 2.67. The number of hydrogen-bond donors (Lipinski definition) is 0. The van der Waals surface area contributed by atoms with Crippen molar-refractivity contribution >= 4 is 5.97 Å². The average molecular weight is 158 g/mol. The van der Waals surface area contributed by atoms with Crippen molar-refractivity contribution in [2.75, 3.05) is 0 Å². The minimum absolute atomic E-state index is 0.481. The maximum Gasteiger partial charge on any atom is 0.327 e. The van der Waals surface area contributed by atoms with Gasteiger partial charge in [-0.15, -0.1) is 0 Å². The number of rotatable bonds is 1. The molecule has 0 heterocycles. The molecular weight excluding hydrogens is 142 g/mol. The van der Waals surface area contributed by atoms with Gasteiger partial charge < -0.3 is 4.74 Å². The second-order valence-electron chi connectivity index (χ2n) is 4.13. The van der Waals surface area contributed by atoms with E-state index in [1.54, 1.807) is 20.8 Å². The third kappa shape index (κ3) is 4.79. The van der Waals surface area contributed by atoms with Crippen LogP contribution in [0.4, 0.5) is 0 Å². The minimum atomic E-state index is -1.15. The van der Waals surface area contributed by atoms with Gasteiger partial charge in [-0.05, 0) is 34.6 Å². The molecule has 11 heavy (non-hydrogen) atoms. The van der Waals surface area contributed by atoms with Crippen LogP contribution in [0.1, 0.15) is 34.6 Å². The molecule has 0 amide bonds. The number of hydrogen-bond acceptors (Lipinski definition) is 2. The van der Waals surface area contributed by atoms with E-state index < -0.39 is 17.1 Å². The fourth-order valence-electron chi connectivity index (χ4n) is 0.406. The molecule has 1 N–H and O–H groups in total. The van der Waals surface area contributed by atoms with Gasteiger partial charge in [-0.25, -0.2) is 5.73 Å². The van der Waals surface area contributed by atoms with Crippen LogP contribution in [0.2, 0.25) is 0 Å². The van der Waals surface area contributed by atoms with Gasteiger partial charge >= 0.3 is 5.97 Å². The Balaban J connectivity index is 4.11. The van der Waals surface area contributed by atoms with Crippen LogP contribution in [0, 0.1) is 0 Å². The molecule has 0 aliphatic heterocycles. The predicted molar refractivity (Wildman–Crippen MR) is 43.0 cm³/mol. The third-order valence-corrected chi connectivity index (χ3v) is 0.909. The maximum absolute atomic E-state index is 11.1. The van der Waals surface area contributed by atoms with E-state index in [2.05, 4.69) is 0 Å². The van der Waals surface area contributed by atoms with E-state index in [1.165, 1.54) is 13.8 Å². The summed E-state index contributed by atoms with van der Waals surface area (Å²) < 4.78 is 4.98. The summed E-state index contributed by atoms with van der Waals surface area (Å²) in [6.07, 6.45) is 0. The lowest BCUT2D eigenvalue weighted by Crippen LogP contribution is -2.39. The van der Waals surface area contributed by atoms with Crippen LogP contribution in [0.3, 0.4) is 0 Å². The topological polar surface area (TPSA) is 50.1 Å². The molecule has 0 fully saturated rings. The summed E-state index contributed by atoms with van der Waals surface area (Å²) in [4.78, 5) is 11.1. The van der Waals surface area contributed by atoms with E-state index in [4.69, 9.17) is 10.5 Å². The fourth-order valence-corrected chi connectivity index (χ4v) is 0.406. The summed E-state index contributed by atoms with van der Waals surface area (Å²) in [7, 11) is 0. The highest BCUT2D eigenvalue weighted by Crippen LogP contribution is 2.12. The Morgan fingerprint density at radius 3 is 1.64 bits per heavy atom. The summed E-state index contributed by atoms with van der Waals surface area (Å²) in [6.45, 7) is 8.39. The monoisotopic (exact) mass is 158 g/mol. The van der Waals surface area contributed by atoms with Gasteiger partial charge in [0.1, 0.15) is 11.1 Å². The summed E-state index contributed by atoms with van der Waals surface area (Å²) in [5.74, 6) is -0.481. The third-order valence-electron chi connectivity index (χ3n) is 0.909. The molecule has 0 bridgehead atoms. The van der Waals surface area contributed by atoms with Crippen molar-refractivity contribution < 1.29 is 9.53 Å². The molecular formula is C8H16NO2. The number of carbonyl (C=O) groups is 1. The summed E-state index contributed by atoms with van der Waals surface area (Å²) in [6, 6.07) is 0. The van der Waals surface area contributed by atoms with Gasteiger partial charge in [0, 0.05) is 0 Å². The second kappa shape index (κ2) is 2.81. The van der Waals surface area contributed by atoms with Crippen LogP contribution in [0.5, 0.6) is 0 Å². The normalized spacial score (nSPS) is 12.9. The van der Waals surface area contributed by atoms with Crippen LogP contribution in [0.15, 0.2) is 0 Å². The zero-order chi connectivity index (χ0) is 9.28. The summed E-state index contributed by atoms with van der Waals surface area (Å²) in [5, 5.41) is 0. The number of nitrogens with one attached hydrogen (secondary N) is 1. The van der Waals surface area contributed by atoms with E-state index in [1.807, 2.05) is 0 Å². The van der Waals surface area contributed by atoms with Gasteiger partial charge in [-0.3, -0.25) is 4.79 Å². The molecule has 0 aromatic rings.